The zero-order valence-corrected chi connectivity index (χ0v) is 19.2. The van der Waals surface area contributed by atoms with Gasteiger partial charge >= 0.3 is 0 Å². The molecule has 0 spiro atoms. The molecule has 0 bridgehead atoms. The van der Waals surface area contributed by atoms with Gasteiger partial charge in [0.25, 0.3) is 0 Å². The fourth-order valence-electron chi connectivity index (χ4n) is 4.21. The van der Waals surface area contributed by atoms with Gasteiger partial charge in [-0.15, -0.1) is 11.6 Å². The number of alkyl halides is 1. The second kappa shape index (κ2) is 11.9. The molecule has 0 radical (unpaired) electrons. The van der Waals surface area contributed by atoms with Crippen molar-refractivity contribution in [2.45, 2.75) is 6.42 Å². The number of allylic oxidation sites excluding steroid dienone is 1. The molecule has 4 rings (SSSR count). The minimum Gasteiger partial charge on any atom is -0.492 e. The van der Waals surface area contributed by atoms with Crippen LogP contribution < -0.4 is 10.1 Å². The Labute approximate surface area is 196 Å². The van der Waals surface area contributed by atoms with E-state index in [1.165, 1.54) is 27.8 Å². The number of rotatable bonds is 9. The quantitative estimate of drug-likeness (QED) is 0.344. The number of halogens is 1. The van der Waals surface area contributed by atoms with Crippen LogP contribution in [0.4, 0.5) is 0 Å². The molecule has 1 aliphatic heterocycles. The summed E-state index contributed by atoms with van der Waals surface area (Å²) in [6.07, 6.45) is 0.804. The minimum absolute atomic E-state index is 0.577. The van der Waals surface area contributed by atoms with Crippen molar-refractivity contribution < 1.29 is 4.74 Å². The normalized spacial score (nSPS) is 15.3. The van der Waals surface area contributed by atoms with Crippen LogP contribution in [0.2, 0.25) is 0 Å². The predicted octanol–water partition coefficient (Wildman–Crippen LogP) is 5.56. The van der Waals surface area contributed by atoms with Gasteiger partial charge < -0.3 is 10.1 Å². The van der Waals surface area contributed by atoms with Gasteiger partial charge in [-0.2, -0.15) is 0 Å². The van der Waals surface area contributed by atoms with Crippen molar-refractivity contribution in [3.63, 3.8) is 0 Å². The van der Waals surface area contributed by atoms with Gasteiger partial charge in [0, 0.05) is 38.6 Å². The smallest absolute Gasteiger partial charge is 0.119 e. The predicted molar refractivity (Wildman–Crippen MR) is 135 cm³/mol. The number of ether oxygens (including phenoxy) is 1. The van der Waals surface area contributed by atoms with Crippen molar-refractivity contribution >= 4 is 22.7 Å². The van der Waals surface area contributed by atoms with Gasteiger partial charge in [0.05, 0.1) is 0 Å². The number of nitrogens with one attached hydrogen (secondary N) is 1. The highest BCUT2D eigenvalue weighted by Crippen LogP contribution is 2.35. The number of hydrogen-bond donors (Lipinski definition) is 1. The molecule has 1 saturated heterocycles. The average Bonchev–Trinajstić information content (AvgIpc) is 2.86. The SMILES string of the molecule is ClCCC(=C(c1ccccc1)c1ccc(OCCN2CCNCC2)cc1)c1ccccc1. The van der Waals surface area contributed by atoms with Crippen LogP contribution in [0, 0.1) is 0 Å². The summed E-state index contributed by atoms with van der Waals surface area (Å²) < 4.78 is 6.04. The van der Waals surface area contributed by atoms with E-state index in [1.807, 2.05) is 0 Å². The Balaban J connectivity index is 1.59. The number of piperazine rings is 1. The van der Waals surface area contributed by atoms with E-state index in [1.54, 1.807) is 0 Å². The zero-order valence-electron chi connectivity index (χ0n) is 18.5. The van der Waals surface area contributed by atoms with Gasteiger partial charge in [0.2, 0.25) is 0 Å². The Morgan fingerprint density at radius 1 is 0.781 bits per heavy atom. The first-order valence-electron chi connectivity index (χ1n) is 11.4. The molecule has 1 aliphatic rings. The summed E-state index contributed by atoms with van der Waals surface area (Å²) in [5, 5.41) is 3.39. The highest BCUT2D eigenvalue weighted by atomic mass is 35.5. The maximum Gasteiger partial charge on any atom is 0.119 e. The Morgan fingerprint density at radius 3 is 2.00 bits per heavy atom. The molecule has 166 valence electrons. The number of nitrogens with zero attached hydrogens (tertiary/aromatic N) is 1. The van der Waals surface area contributed by atoms with Crippen LogP contribution in [-0.2, 0) is 0 Å². The van der Waals surface area contributed by atoms with Gasteiger partial charge in [0.1, 0.15) is 12.4 Å². The molecule has 0 saturated carbocycles. The first-order chi connectivity index (χ1) is 15.8. The van der Waals surface area contributed by atoms with E-state index in [4.69, 9.17) is 16.3 Å². The third-order valence-electron chi connectivity index (χ3n) is 5.86. The second-order valence-corrected chi connectivity index (χ2v) is 8.37. The monoisotopic (exact) mass is 446 g/mol. The summed E-state index contributed by atoms with van der Waals surface area (Å²) in [6, 6.07) is 29.6. The Hall–Kier alpha value is -2.59. The highest BCUT2D eigenvalue weighted by molar-refractivity contribution is 6.18. The topological polar surface area (TPSA) is 24.5 Å². The molecule has 1 heterocycles. The van der Waals surface area contributed by atoms with Gasteiger partial charge in [-0.25, -0.2) is 0 Å². The molecule has 3 aromatic carbocycles. The number of hydrogen-bond acceptors (Lipinski definition) is 3. The average molecular weight is 447 g/mol. The standard InChI is InChI=1S/C28H31ClN2O/c29-16-15-27(23-7-3-1-4-8-23)28(24-9-5-2-6-10-24)25-11-13-26(14-12-25)32-22-21-31-19-17-30-18-20-31/h1-14,30H,15-22H2. The van der Waals surface area contributed by atoms with E-state index < -0.39 is 0 Å². The largest absolute Gasteiger partial charge is 0.492 e. The van der Waals surface area contributed by atoms with E-state index >= 15 is 0 Å². The van der Waals surface area contributed by atoms with Crippen molar-refractivity contribution in [3.8, 4) is 5.75 Å². The van der Waals surface area contributed by atoms with E-state index in [9.17, 15) is 0 Å². The van der Waals surface area contributed by atoms with E-state index in [-0.39, 0.29) is 0 Å². The summed E-state index contributed by atoms with van der Waals surface area (Å²) in [4.78, 5) is 2.44. The lowest BCUT2D eigenvalue weighted by Crippen LogP contribution is -2.44. The van der Waals surface area contributed by atoms with E-state index in [0.717, 1.165) is 44.9 Å². The lowest BCUT2D eigenvalue weighted by atomic mass is 9.88. The molecular formula is C28H31ClN2O. The van der Waals surface area contributed by atoms with Crippen LogP contribution in [-0.4, -0.2) is 50.1 Å². The molecule has 4 heteroatoms. The summed E-state index contributed by atoms with van der Waals surface area (Å²) in [5.74, 6) is 1.49. The van der Waals surface area contributed by atoms with Crippen LogP contribution in [0.3, 0.4) is 0 Å². The highest BCUT2D eigenvalue weighted by Gasteiger charge is 2.14. The molecule has 0 amide bonds. The number of benzene rings is 3. The molecule has 0 atom stereocenters. The first-order valence-corrected chi connectivity index (χ1v) is 11.9. The van der Waals surface area contributed by atoms with Gasteiger partial charge in [-0.1, -0.05) is 72.8 Å². The maximum atomic E-state index is 6.25. The van der Waals surface area contributed by atoms with Crippen LogP contribution in [0.15, 0.2) is 84.9 Å². The van der Waals surface area contributed by atoms with Crippen molar-refractivity contribution in [3.05, 3.63) is 102 Å². The fraction of sp³-hybridized carbons (Fsp3) is 0.286. The van der Waals surface area contributed by atoms with Gasteiger partial charge in [0.15, 0.2) is 0 Å². The van der Waals surface area contributed by atoms with Crippen molar-refractivity contribution in [1.29, 1.82) is 0 Å². The molecule has 32 heavy (non-hydrogen) atoms. The van der Waals surface area contributed by atoms with E-state index in [2.05, 4.69) is 95.1 Å². The molecule has 0 unspecified atom stereocenters. The summed E-state index contributed by atoms with van der Waals surface area (Å²) in [5.41, 5.74) is 6.07. The van der Waals surface area contributed by atoms with Crippen molar-refractivity contribution in [2.75, 3.05) is 45.2 Å². The third kappa shape index (κ3) is 6.01. The summed E-state index contributed by atoms with van der Waals surface area (Å²) in [7, 11) is 0. The molecule has 3 aromatic rings. The molecule has 1 N–H and O–H groups in total. The Morgan fingerprint density at radius 2 is 1.38 bits per heavy atom. The molecule has 1 fully saturated rings. The lowest BCUT2D eigenvalue weighted by Gasteiger charge is -2.26. The van der Waals surface area contributed by atoms with Crippen LogP contribution in [0.1, 0.15) is 23.1 Å². The Bertz CT molecular complexity index is 981. The molecular weight excluding hydrogens is 416 g/mol. The van der Waals surface area contributed by atoms with E-state index in [0.29, 0.717) is 12.5 Å². The maximum absolute atomic E-state index is 6.25. The van der Waals surface area contributed by atoms with Crippen molar-refractivity contribution in [2.24, 2.45) is 0 Å². The third-order valence-corrected chi connectivity index (χ3v) is 6.05. The summed E-state index contributed by atoms with van der Waals surface area (Å²) >= 11 is 6.25. The Kier molecular flexibility index (Phi) is 8.38. The second-order valence-electron chi connectivity index (χ2n) is 7.99. The summed E-state index contributed by atoms with van der Waals surface area (Å²) in [6.45, 7) is 5.99. The van der Waals surface area contributed by atoms with Gasteiger partial charge in [-0.05, 0) is 46.4 Å². The van der Waals surface area contributed by atoms with Gasteiger partial charge in [-0.3, -0.25) is 4.90 Å². The lowest BCUT2D eigenvalue weighted by molar-refractivity contribution is 0.191. The van der Waals surface area contributed by atoms with Crippen LogP contribution in [0.25, 0.3) is 11.1 Å². The molecule has 3 nitrogen and oxygen atoms in total. The molecule has 0 aromatic heterocycles. The van der Waals surface area contributed by atoms with Crippen LogP contribution >= 0.6 is 11.6 Å². The van der Waals surface area contributed by atoms with Crippen LogP contribution in [0.5, 0.6) is 5.75 Å². The molecule has 0 aliphatic carbocycles. The zero-order chi connectivity index (χ0) is 22.0. The van der Waals surface area contributed by atoms with Crippen molar-refractivity contribution in [1.82, 2.24) is 10.2 Å². The fourth-order valence-corrected chi connectivity index (χ4v) is 4.40. The minimum atomic E-state index is 0.577. The first kappa shape index (κ1) is 22.6.